The van der Waals surface area contributed by atoms with Crippen LogP contribution in [0.15, 0.2) is 42.7 Å². The second-order valence-corrected chi connectivity index (χ2v) is 5.07. The molecule has 1 amide bonds. The minimum atomic E-state index is -0.564. The van der Waals surface area contributed by atoms with E-state index < -0.39 is 6.10 Å². The average Bonchev–Trinajstić information content (AvgIpc) is 2.97. The lowest BCUT2D eigenvalue weighted by molar-refractivity contribution is 0.0587. The molecule has 2 aromatic rings. The summed E-state index contributed by atoms with van der Waals surface area (Å²) in [5.74, 6) is -0.191. The number of nitrogens with one attached hydrogen (secondary N) is 1. The lowest BCUT2D eigenvalue weighted by Gasteiger charge is -2.09. The highest BCUT2D eigenvalue weighted by Crippen LogP contribution is 2.04. The number of nitrogens with zero attached hydrogens (tertiary/aromatic N) is 2. The highest BCUT2D eigenvalue weighted by atomic mass is 16.5. The van der Waals surface area contributed by atoms with Gasteiger partial charge in [-0.25, -0.2) is 0 Å². The Balaban J connectivity index is 1.81. The van der Waals surface area contributed by atoms with Gasteiger partial charge in [-0.1, -0.05) is 30.3 Å². The van der Waals surface area contributed by atoms with Gasteiger partial charge >= 0.3 is 0 Å². The van der Waals surface area contributed by atoms with E-state index in [1.54, 1.807) is 17.1 Å². The first-order chi connectivity index (χ1) is 10.7. The number of rotatable bonds is 8. The number of hydrogen-bond acceptors (Lipinski definition) is 4. The molecule has 1 atom stereocenters. The van der Waals surface area contributed by atoms with E-state index >= 15 is 0 Å². The molecule has 0 fully saturated rings. The molecule has 2 rings (SSSR count). The summed E-state index contributed by atoms with van der Waals surface area (Å²) < 4.78 is 6.56. The number of carbonyl (C=O) groups is 1. The Bertz CT molecular complexity index is 583. The van der Waals surface area contributed by atoms with Gasteiger partial charge in [-0.2, -0.15) is 5.10 Å². The standard InChI is InChI=1S/C16H21N3O3/c1-22-12-15(20)7-8-17-16(21)14-9-18-19(11-14)10-13-5-3-2-4-6-13/h2-6,9,11,15,20H,7-8,10,12H2,1H3,(H,17,21). The summed E-state index contributed by atoms with van der Waals surface area (Å²) in [5.41, 5.74) is 1.64. The van der Waals surface area contributed by atoms with E-state index in [9.17, 15) is 9.90 Å². The number of carbonyl (C=O) groups excluding carboxylic acids is 1. The third-order valence-corrected chi connectivity index (χ3v) is 3.21. The van der Waals surface area contributed by atoms with Crippen LogP contribution < -0.4 is 5.32 Å². The number of amides is 1. The van der Waals surface area contributed by atoms with Crippen LogP contribution >= 0.6 is 0 Å². The van der Waals surface area contributed by atoms with Crippen LogP contribution in [0.2, 0.25) is 0 Å². The van der Waals surface area contributed by atoms with Crippen LogP contribution in [0.5, 0.6) is 0 Å². The Hall–Kier alpha value is -2.18. The van der Waals surface area contributed by atoms with Crippen molar-refractivity contribution in [3.8, 4) is 0 Å². The maximum atomic E-state index is 12.0. The van der Waals surface area contributed by atoms with Gasteiger partial charge in [-0.3, -0.25) is 9.48 Å². The molecule has 118 valence electrons. The van der Waals surface area contributed by atoms with Crippen LogP contribution in [0.1, 0.15) is 22.3 Å². The fourth-order valence-electron chi connectivity index (χ4n) is 2.07. The summed E-state index contributed by atoms with van der Waals surface area (Å²) >= 11 is 0. The Kier molecular flexibility index (Phi) is 6.12. The SMILES string of the molecule is COCC(O)CCNC(=O)c1cnn(Cc2ccccc2)c1. The Labute approximate surface area is 129 Å². The van der Waals surface area contributed by atoms with E-state index in [2.05, 4.69) is 10.4 Å². The van der Waals surface area contributed by atoms with E-state index in [1.807, 2.05) is 30.3 Å². The predicted molar refractivity (Wildman–Crippen MR) is 82.6 cm³/mol. The molecule has 0 radical (unpaired) electrons. The van der Waals surface area contributed by atoms with Crippen molar-refractivity contribution in [2.24, 2.45) is 0 Å². The van der Waals surface area contributed by atoms with Crippen LogP contribution in [-0.2, 0) is 11.3 Å². The summed E-state index contributed by atoms with van der Waals surface area (Å²) in [7, 11) is 1.53. The molecular weight excluding hydrogens is 282 g/mol. The molecule has 1 unspecified atom stereocenters. The summed E-state index contributed by atoms with van der Waals surface area (Å²) in [5, 5.41) is 16.5. The van der Waals surface area contributed by atoms with E-state index in [-0.39, 0.29) is 12.5 Å². The van der Waals surface area contributed by atoms with Crippen molar-refractivity contribution in [3.63, 3.8) is 0 Å². The summed E-state index contributed by atoms with van der Waals surface area (Å²) in [6.45, 7) is 1.29. The molecule has 22 heavy (non-hydrogen) atoms. The molecule has 1 heterocycles. The lowest BCUT2D eigenvalue weighted by atomic mass is 10.2. The van der Waals surface area contributed by atoms with Crippen LogP contribution in [0.4, 0.5) is 0 Å². The van der Waals surface area contributed by atoms with Crippen LogP contribution in [0, 0.1) is 0 Å². The van der Waals surface area contributed by atoms with Crippen LogP contribution in [0.25, 0.3) is 0 Å². The molecular formula is C16H21N3O3. The molecule has 6 heteroatoms. The highest BCUT2D eigenvalue weighted by Gasteiger charge is 2.09. The smallest absolute Gasteiger partial charge is 0.254 e. The van der Waals surface area contributed by atoms with Gasteiger partial charge in [0.15, 0.2) is 0 Å². The van der Waals surface area contributed by atoms with Crippen molar-refractivity contribution in [1.82, 2.24) is 15.1 Å². The van der Waals surface area contributed by atoms with Crippen LogP contribution in [-0.4, -0.2) is 47.2 Å². The van der Waals surface area contributed by atoms with Gasteiger partial charge in [-0.05, 0) is 12.0 Å². The number of methoxy groups -OCH3 is 1. The monoisotopic (exact) mass is 303 g/mol. The zero-order valence-corrected chi connectivity index (χ0v) is 12.6. The van der Waals surface area contributed by atoms with Gasteiger partial charge < -0.3 is 15.2 Å². The maximum Gasteiger partial charge on any atom is 0.254 e. The Morgan fingerprint density at radius 2 is 2.18 bits per heavy atom. The molecule has 0 saturated carbocycles. The summed E-state index contributed by atoms with van der Waals surface area (Å²) in [6.07, 6.45) is 3.15. The number of benzene rings is 1. The van der Waals surface area contributed by atoms with Gasteiger partial charge in [0.25, 0.3) is 5.91 Å². The molecule has 0 spiro atoms. The summed E-state index contributed by atoms with van der Waals surface area (Å²) in [6, 6.07) is 9.93. The van der Waals surface area contributed by atoms with Crippen molar-refractivity contribution < 1.29 is 14.6 Å². The van der Waals surface area contributed by atoms with Crippen molar-refractivity contribution in [3.05, 3.63) is 53.9 Å². The number of aliphatic hydroxyl groups excluding tert-OH is 1. The van der Waals surface area contributed by atoms with Crippen molar-refractivity contribution in [2.75, 3.05) is 20.3 Å². The molecule has 0 aliphatic carbocycles. The minimum absolute atomic E-state index is 0.191. The number of hydrogen-bond donors (Lipinski definition) is 2. The quantitative estimate of drug-likeness (QED) is 0.764. The first kappa shape index (κ1) is 16.2. The number of aromatic nitrogens is 2. The average molecular weight is 303 g/mol. The van der Waals surface area contributed by atoms with Gasteiger partial charge in [0, 0.05) is 19.9 Å². The Morgan fingerprint density at radius 3 is 2.91 bits per heavy atom. The molecule has 0 saturated heterocycles. The normalized spacial score (nSPS) is 12.1. The first-order valence-electron chi connectivity index (χ1n) is 7.20. The van der Waals surface area contributed by atoms with Gasteiger partial charge in [0.05, 0.1) is 31.0 Å². The number of aliphatic hydroxyl groups is 1. The molecule has 0 bridgehead atoms. The van der Waals surface area contributed by atoms with Crippen molar-refractivity contribution in [2.45, 2.75) is 19.1 Å². The zero-order valence-electron chi connectivity index (χ0n) is 12.6. The third-order valence-electron chi connectivity index (χ3n) is 3.21. The molecule has 2 N–H and O–H groups in total. The van der Waals surface area contributed by atoms with Crippen molar-refractivity contribution in [1.29, 1.82) is 0 Å². The molecule has 0 aliphatic heterocycles. The van der Waals surface area contributed by atoms with Gasteiger partial charge in [-0.15, -0.1) is 0 Å². The number of ether oxygens (including phenoxy) is 1. The van der Waals surface area contributed by atoms with Crippen LogP contribution in [0.3, 0.4) is 0 Å². The minimum Gasteiger partial charge on any atom is -0.391 e. The largest absolute Gasteiger partial charge is 0.391 e. The van der Waals surface area contributed by atoms with E-state index in [4.69, 9.17) is 4.74 Å². The second-order valence-electron chi connectivity index (χ2n) is 5.07. The zero-order chi connectivity index (χ0) is 15.8. The molecule has 0 aliphatic rings. The molecule has 1 aromatic heterocycles. The fraction of sp³-hybridized carbons (Fsp3) is 0.375. The maximum absolute atomic E-state index is 12.0. The molecule has 6 nitrogen and oxygen atoms in total. The van der Waals surface area contributed by atoms with E-state index in [1.165, 1.54) is 7.11 Å². The van der Waals surface area contributed by atoms with Crippen molar-refractivity contribution >= 4 is 5.91 Å². The topological polar surface area (TPSA) is 76.4 Å². The highest BCUT2D eigenvalue weighted by molar-refractivity contribution is 5.93. The lowest BCUT2D eigenvalue weighted by Crippen LogP contribution is -2.28. The van der Waals surface area contributed by atoms with E-state index in [0.717, 1.165) is 5.56 Å². The van der Waals surface area contributed by atoms with Gasteiger partial charge in [0.2, 0.25) is 0 Å². The van der Waals surface area contributed by atoms with Gasteiger partial charge in [0.1, 0.15) is 0 Å². The molecule has 1 aromatic carbocycles. The van der Waals surface area contributed by atoms with E-state index in [0.29, 0.717) is 25.1 Å². The predicted octanol–water partition coefficient (Wildman–Crippen LogP) is 1.06. The first-order valence-corrected chi connectivity index (χ1v) is 7.20. The third kappa shape index (κ3) is 4.98. The summed E-state index contributed by atoms with van der Waals surface area (Å²) in [4.78, 5) is 12.0. The fourth-order valence-corrected chi connectivity index (χ4v) is 2.07. The Morgan fingerprint density at radius 1 is 1.41 bits per heavy atom. The second kappa shape index (κ2) is 8.31.